The van der Waals surface area contributed by atoms with Crippen molar-refractivity contribution in [3.63, 3.8) is 0 Å². The van der Waals surface area contributed by atoms with Crippen LogP contribution in [0.2, 0.25) is 0 Å². The smallest absolute Gasteiger partial charge is 0.257 e. The van der Waals surface area contributed by atoms with Crippen molar-refractivity contribution in [2.45, 2.75) is 64.3 Å². The van der Waals surface area contributed by atoms with Crippen LogP contribution in [0.15, 0.2) is 4.79 Å². The molecule has 0 fully saturated rings. The molecule has 92 valence electrons. The van der Waals surface area contributed by atoms with Crippen LogP contribution >= 0.6 is 0 Å². The number of nitrogens with zero attached hydrogens (tertiary/aromatic N) is 2. The van der Waals surface area contributed by atoms with Gasteiger partial charge in [-0.15, -0.1) is 0 Å². The van der Waals surface area contributed by atoms with Gasteiger partial charge in [-0.1, -0.05) is 6.42 Å². The van der Waals surface area contributed by atoms with Gasteiger partial charge in [0, 0.05) is 18.0 Å². The molecular formula is C14H20N2O. The molecule has 1 aliphatic heterocycles. The van der Waals surface area contributed by atoms with Gasteiger partial charge >= 0.3 is 0 Å². The molecule has 2 heterocycles. The van der Waals surface area contributed by atoms with E-state index in [0.29, 0.717) is 6.04 Å². The van der Waals surface area contributed by atoms with E-state index in [2.05, 4.69) is 6.92 Å². The lowest BCUT2D eigenvalue weighted by Gasteiger charge is -2.21. The highest BCUT2D eigenvalue weighted by atomic mass is 16.1. The van der Waals surface area contributed by atoms with Gasteiger partial charge in [0.15, 0.2) is 0 Å². The van der Waals surface area contributed by atoms with E-state index in [-0.39, 0.29) is 5.56 Å². The number of aromatic nitrogens is 2. The zero-order valence-electron chi connectivity index (χ0n) is 10.5. The van der Waals surface area contributed by atoms with Crippen molar-refractivity contribution in [2.24, 2.45) is 0 Å². The zero-order valence-corrected chi connectivity index (χ0v) is 10.5. The SMILES string of the molecule is C[C@H]1CCCCc2nc3c(c(=O)n21)CCCC3. The molecule has 0 unspecified atom stereocenters. The van der Waals surface area contributed by atoms with Crippen LogP contribution in [0.1, 0.15) is 62.2 Å². The van der Waals surface area contributed by atoms with E-state index in [0.717, 1.165) is 49.2 Å². The standard InChI is InChI=1S/C14H20N2O/c1-10-6-2-5-9-13-15-12-8-4-3-7-11(12)14(17)16(10)13/h10H,2-9H2,1H3/t10-/m0/s1. The highest BCUT2D eigenvalue weighted by Gasteiger charge is 2.22. The summed E-state index contributed by atoms with van der Waals surface area (Å²) in [6, 6.07) is 0.333. The molecule has 1 atom stereocenters. The number of hydrogen-bond acceptors (Lipinski definition) is 2. The number of rotatable bonds is 0. The monoisotopic (exact) mass is 232 g/mol. The summed E-state index contributed by atoms with van der Waals surface area (Å²) in [6.45, 7) is 2.16. The number of fused-ring (bicyclic) bond motifs is 2. The predicted molar refractivity (Wildman–Crippen MR) is 67.4 cm³/mol. The van der Waals surface area contributed by atoms with Gasteiger partial charge < -0.3 is 0 Å². The maximum Gasteiger partial charge on any atom is 0.257 e. The molecule has 3 nitrogen and oxygen atoms in total. The Bertz CT molecular complexity index is 490. The van der Waals surface area contributed by atoms with Gasteiger partial charge in [-0.2, -0.15) is 0 Å². The first-order valence-electron chi connectivity index (χ1n) is 6.90. The normalized spacial score (nSPS) is 23.7. The summed E-state index contributed by atoms with van der Waals surface area (Å²) in [4.78, 5) is 17.3. The third-order valence-electron chi connectivity index (χ3n) is 4.17. The summed E-state index contributed by atoms with van der Waals surface area (Å²) >= 11 is 0. The van der Waals surface area contributed by atoms with E-state index in [9.17, 15) is 4.79 Å². The molecule has 2 aliphatic rings. The van der Waals surface area contributed by atoms with E-state index in [1.54, 1.807) is 0 Å². The molecule has 0 spiro atoms. The minimum atomic E-state index is 0.263. The Labute approximate surface area is 102 Å². The van der Waals surface area contributed by atoms with Crippen LogP contribution in [0, 0.1) is 0 Å². The van der Waals surface area contributed by atoms with Gasteiger partial charge in [0.05, 0.1) is 5.69 Å². The Balaban J connectivity index is 2.19. The third kappa shape index (κ3) is 1.81. The van der Waals surface area contributed by atoms with Gasteiger partial charge in [0.1, 0.15) is 5.82 Å². The van der Waals surface area contributed by atoms with E-state index < -0.39 is 0 Å². The summed E-state index contributed by atoms with van der Waals surface area (Å²) in [5.41, 5.74) is 2.37. The van der Waals surface area contributed by atoms with Gasteiger partial charge in [0.2, 0.25) is 0 Å². The first-order chi connectivity index (χ1) is 8.27. The van der Waals surface area contributed by atoms with Crippen molar-refractivity contribution in [1.29, 1.82) is 0 Å². The Kier molecular flexibility index (Phi) is 2.77. The highest BCUT2D eigenvalue weighted by Crippen LogP contribution is 2.23. The number of aryl methyl sites for hydroxylation is 2. The molecule has 17 heavy (non-hydrogen) atoms. The summed E-state index contributed by atoms with van der Waals surface area (Å²) < 4.78 is 1.98. The molecule has 1 aromatic rings. The Morgan fingerprint density at radius 1 is 1.12 bits per heavy atom. The van der Waals surface area contributed by atoms with Crippen molar-refractivity contribution < 1.29 is 0 Å². The lowest BCUT2D eigenvalue weighted by Crippen LogP contribution is -2.32. The molecule has 1 aromatic heterocycles. The maximum atomic E-state index is 12.5. The van der Waals surface area contributed by atoms with E-state index in [4.69, 9.17) is 4.98 Å². The summed E-state index contributed by atoms with van der Waals surface area (Å²) in [7, 11) is 0. The van der Waals surface area contributed by atoms with Crippen molar-refractivity contribution in [3.05, 3.63) is 27.4 Å². The van der Waals surface area contributed by atoms with Crippen LogP contribution in [0.5, 0.6) is 0 Å². The van der Waals surface area contributed by atoms with E-state index >= 15 is 0 Å². The Hall–Kier alpha value is -1.12. The molecule has 0 N–H and O–H groups in total. The summed E-state index contributed by atoms with van der Waals surface area (Å²) in [5, 5.41) is 0. The molecule has 0 saturated heterocycles. The van der Waals surface area contributed by atoms with Crippen LogP contribution in [-0.4, -0.2) is 9.55 Å². The first kappa shape index (κ1) is 11.0. The first-order valence-corrected chi connectivity index (χ1v) is 6.90. The number of hydrogen-bond donors (Lipinski definition) is 0. The molecule has 3 rings (SSSR count). The van der Waals surface area contributed by atoms with Crippen LogP contribution in [0.3, 0.4) is 0 Å². The minimum Gasteiger partial charge on any atom is -0.294 e. The average Bonchev–Trinajstić information content (AvgIpc) is 2.52. The second kappa shape index (κ2) is 4.28. The molecular weight excluding hydrogens is 212 g/mol. The third-order valence-corrected chi connectivity index (χ3v) is 4.17. The fourth-order valence-electron chi connectivity index (χ4n) is 3.20. The summed E-state index contributed by atoms with van der Waals surface area (Å²) in [5.74, 6) is 1.04. The molecule has 0 radical (unpaired) electrons. The predicted octanol–water partition coefficient (Wildman–Crippen LogP) is 2.41. The highest BCUT2D eigenvalue weighted by molar-refractivity contribution is 5.22. The van der Waals surface area contributed by atoms with E-state index in [1.807, 2.05) is 4.57 Å². The fraction of sp³-hybridized carbons (Fsp3) is 0.714. The molecule has 3 heteroatoms. The van der Waals surface area contributed by atoms with Crippen molar-refractivity contribution in [2.75, 3.05) is 0 Å². The van der Waals surface area contributed by atoms with Gasteiger partial charge in [-0.25, -0.2) is 4.98 Å². The molecule has 0 aromatic carbocycles. The van der Waals surface area contributed by atoms with Crippen LogP contribution in [0.25, 0.3) is 0 Å². The molecule has 1 aliphatic carbocycles. The Morgan fingerprint density at radius 3 is 2.76 bits per heavy atom. The quantitative estimate of drug-likeness (QED) is 0.688. The lowest BCUT2D eigenvalue weighted by atomic mass is 9.97. The Morgan fingerprint density at radius 2 is 1.88 bits per heavy atom. The largest absolute Gasteiger partial charge is 0.294 e. The second-order valence-corrected chi connectivity index (χ2v) is 5.43. The van der Waals surface area contributed by atoms with E-state index in [1.165, 1.54) is 19.3 Å². The topological polar surface area (TPSA) is 34.9 Å². The summed E-state index contributed by atoms with van der Waals surface area (Å²) in [6.07, 6.45) is 8.78. The van der Waals surface area contributed by atoms with Crippen LogP contribution in [-0.2, 0) is 19.3 Å². The fourth-order valence-corrected chi connectivity index (χ4v) is 3.20. The van der Waals surface area contributed by atoms with Crippen molar-refractivity contribution >= 4 is 0 Å². The average molecular weight is 232 g/mol. The van der Waals surface area contributed by atoms with Gasteiger partial charge in [-0.05, 0) is 45.4 Å². The zero-order chi connectivity index (χ0) is 11.8. The second-order valence-electron chi connectivity index (χ2n) is 5.43. The molecule has 0 amide bonds. The van der Waals surface area contributed by atoms with Crippen molar-refractivity contribution in [3.8, 4) is 0 Å². The van der Waals surface area contributed by atoms with Crippen molar-refractivity contribution in [1.82, 2.24) is 9.55 Å². The van der Waals surface area contributed by atoms with Crippen LogP contribution in [0.4, 0.5) is 0 Å². The molecule has 0 saturated carbocycles. The lowest BCUT2D eigenvalue weighted by molar-refractivity contribution is 0.473. The van der Waals surface area contributed by atoms with Crippen LogP contribution < -0.4 is 5.56 Å². The maximum absolute atomic E-state index is 12.5. The molecule has 0 bridgehead atoms. The van der Waals surface area contributed by atoms with Gasteiger partial charge in [-0.3, -0.25) is 9.36 Å². The van der Waals surface area contributed by atoms with Gasteiger partial charge in [0.25, 0.3) is 5.56 Å². The minimum absolute atomic E-state index is 0.263.